The highest BCUT2D eigenvalue weighted by atomic mass is 35.5. The van der Waals surface area contributed by atoms with Crippen molar-refractivity contribution in [1.29, 1.82) is 0 Å². The fourth-order valence-corrected chi connectivity index (χ4v) is 1.42. The second-order valence-corrected chi connectivity index (χ2v) is 3.32. The summed E-state index contributed by atoms with van der Waals surface area (Å²) >= 11 is 5.71. The van der Waals surface area contributed by atoms with E-state index in [1.807, 2.05) is 18.2 Å². The van der Waals surface area contributed by atoms with Gasteiger partial charge in [-0.25, -0.2) is 9.97 Å². The number of hydrogen-bond donors (Lipinski definition) is 0. The Kier molecular flexibility index (Phi) is 2.83. The molecule has 0 aromatic carbocycles. The maximum atomic E-state index is 5.71. The van der Waals surface area contributed by atoms with E-state index in [-0.39, 0.29) is 0 Å². The predicted molar refractivity (Wildman–Crippen MR) is 59.0 cm³/mol. The van der Waals surface area contributed by atoms with Gasteiger partial charge in [0.25, 0.3) is 0 Å². The van der Waals surface area contributed by atoms with Crippen LogP contribution in [-0.4, -0.2) is 17.1 Å². The lowest BCUT2D eigenvalue weighted by molar-refractivity contribution is 0.399. The standard InChI is InChI=1S/C11H9ClN2O/c1-15-11-9(3-2-6-13-11)8-4-5-10(12)14-7-8/h2-7H,1H3. The van der Waals surface area contributed by atoms with Crippen LogP contribution in [0.2, 0.25) is 5.15 Å². The van der Waals surface area contributed by atoms with Crippen molar-refractivity contribution in [1.82, 2.24) is 9.97 Å². The highest BCUT2D eigenvalue weighted by Gasteiger charge is 2.05. The molecular formula is C11H9ClN2O. The van der Waals surface area contributed by atoms with Crippen molar-refractivity contribution in [3.63, 3.8) is 0 Å². The Morgan fingerprint density at radius 2 is 2.07 bits per heavy atom. The third-order valence-corrected chi connectivity index (χ3v) is 2.23. The zero-order chi connectivity index (χ0) is 10.7. The molecule has 0 fully saturated rings. The van der Waals surface area contributed by atoms with Gasteiger partial charge >= 0.3 is 0 Å². The van der Waals surface area contributed by atoms with Gasteiger partial charge in [-0.3, -0.25) is 0 Å². The van der Waals surface area contributed by atoms with Crippen LogP contribution in [-0.2, 0) is 0 Å². The molecule has 0 saturated heterocycles. The van der Waals surface area contributed by atoms with Crippen molar-refractivity contribution in [2.75, 3.05) is 7.11 Å². The number of pyridine rings is 2. The Labute approximate surface area is 92.7 Å². The summed E-state index contributed by atoms with van der Waals surface area (Å²) in [6.45, 7) is 0. The number of methoxy groups -OCH3 is 1. The normalized spacial score (nSPS) is 10.0. The Hall–Kier alpha value is -1.61. The summed E-state index contributed by atoms with van der Waals surface area (Å²) in [6, 6.07) is 7.40. The maximum absolute atomic E-state index is 5.71. The summed E-state index contributed by atoms with van der Waals surface area (Å²) in [6.07, 6.45) is 3.38. The first-order valence-corrected chi connectivity index (χ1v) is 4.80. The van der Waals surface area contributed by atoms with Crippen molar-refractivity contribution in [2.24, 2.45) is 0 Å². The van der Waals surface area contributed by atoms with Gasteiger partial charge in [-0.05, 0) is 24.3 Å². The highest BCUT2D eigenvalue weighted by molar-refractivity contribution is 6.29. The van der Waals surface area contributed by atoms with Gasteiger partial charge in [0.15, 0.2) is 0 Å². The van der Waals surface area contributed by atoms with E-state index in [1.54, 1.807) is 25.6 Å². The molecule has 76 valence electrons. The van der Waals surface area contributed by atoms with Gasteiger partial charge in [0, 0.05) is 23.5 Å². The molecule has 2 aromatic rings. The van der Waals surface area contributed by atoms with Gasteiger partial charge in [0.05, 0.1) is 7.11 Å². The molecule has 15 heavy (non-hydrogen) atoms. The predicted octanol–water partition coefficient (Wildman–Crippen LogP) is 2.81. The van der Waals surface area contributed by atoms with E-state index in [0.29, 0.717) is 11.0 Å². The second kappa shape index (κ2) is 4.28. The number of halogens is 1. The Bertz CT molecular complexity index is 456. The topological polar surface area (TPSA) is 35.0 Å². The molecule has 0 atom stereocenters. The van der Waals surface area contributed by atoms with Gasteiger partial charge < -0.3 is 4.74 Å². The van der Waals surface area contributed by atoms with Crippen molar-refractivity contribution >= 4 is 11.6 Å². The van der Waals surface area contributed by atoms with Crippen LogP contribution in [0.25, 0.3) is 11.1 Å². The van der Waals surface area contributed by atoms with Crippen molar-refractivity contribution in [3.05, 3.63) is 41.8 Å². The van der Waals surface area contributed by atoms with Gasteiger partial charge in [0.1, 0.15) is 5.15 Å². The van der Waals surface area contributed by atoms with Gasteiger partial charge in [0.2, 0.25) is 5.88 Å². The summed E-state index contributed by atoms with van der Waals surface area (Å²) < 4.78 is 5.16. The van der Waals surface area contributed by atoms with Gasteiger partial charge in [-0.15, -0.1) is 0 Å². The number of aromatic nitrogens is 2. The summed E-state index contributed by atoms with van der Waals surface area (Å²) in [7, 11) is 1.59. The third-order valence-electron chi connectivity index (χ3n) is 2.00. The molecule has 0 unspecified atom stereocenters. The van der Waals surface area contributed by atoms with Gasteiger partial charge in [-0.2, -0.15) is 0 Å². The molecule has 0 aliphatic heterocycles. The lowest BCUT2D eigenvalue weighted by Gasteiger charge is -2.06. The monoisotopic (exact) mass is 220 g/mol. The Morgan fingerprint density at radius 3 is 2.73 bits per heavy atom. The SMILES string of the molecule is COc1ncccc1-c1ccc(Cl)nc1. The zero-order valence-electron chi connectivity index (χ0n) is 8.14. The van der Waals surface area contributed by atoms with E-state index in [1.165, 1.54) is 0 Å². The van der Waals surface area contributed by atoms with Crippen molar-refractivity contribution in [2.45, 2.75) is 0 Å². The van der Waals surface area contributed by atoms with E-state index in [4.69, 9.17) is 16.3 Å². The maximum Gasteiger partial charge on any atom is 0.221 e. The fourth-order valence-electron chi connectivity index (χ4n) is 1.31. The zero-order valence-corrected chi connectivity index (χ0v) is 8.90. The molecule has 0 aliphatic carbocycles. The van der Waals surface area contributed by atoms with Gasteiger partial charge in [-0.1, -0.05) is 11.6 Å². The first-order chi connectivity index (χ1) is 7.31. The van der Waals surface area contributed by atoms with Crippen molar-refractivity contribution in [3.8, 4) is 17.0 Å². The van der Waals surface area contributed by atoms with E-state index in [9.17, 15) is 0 Å². The average Bonchev–Trinajstić information content (AvgIpc) is 2.30. The highest BCUT2D eigenvalue weighted by Crippen LogP contribution is 2.27. The molecule has 2 aromatic heterocycles. The van der Waals surface area contributed by atoms with E-state index in [0.717, 1.165) is 11.1 Å². The minimum atomic E-state index is 0.474. The Balaban J connectivity index is 2.49. The van der Waals surface area contributed by atoms with Crippen LogP contribution in [0.5, 0.6) is 5.88 Å². The van der Waals surface area contributed by atoms with Crippen LogP contribution < -0.4 is 4.74 Å². The van der Waals surface area contributed by atoms with Crippen LogP contribution in [0.4, 0.5) is 0 Å². The molecule has 0 amide bonds. The second-order valence-electron chi connectivity index (χ2n) is 2.93. The minimum Gasteiger partial charge on any atom is -0.481 e. The lowest BCUT2D eigenvalue weighted by Crippen LogP contribution is -1.91. The Morgan fingerprint density at radius 1 is 1.20 bits per heavy atom. The number of nitrogens with zero attached hydrogens (tertiary/aromatic N) is 2. The molecule has 0 bridgehead atoms. The summed E-state index contributed by atoms with van der Waals surface area (Å²) in [5, 5.41) is 0.474. The molecule has 4 heteroatoms. The smallest absolute Gasteiger partial charge is 0.221 e. The van der Waals surface area contributed by atoms with E-state index < -0.39 is 0 Å². The molecule has 3 nitrogen and oxygen atoms in total. The van der Waals surface area contributed by atoms with Crippen LogP contribution in [0.1, 0.15) is 0 Å². The number of ether oxygens (including phenoxy) is 1. The molecule has 0 spiro atoms. The lowest BCUT2D eigenvalue weighted by atomic mass is 10.1. The van der Waals surface area contributed by atoms with Crippen LogP contribution in [0.3, 0.4) is 0 Å². The van der Waals surface area contributed by atoms with Crippen molar-refractivity contribution < 1.29 is 4.74 Å². The summed E-state index contributed by atoms with van der Waals surface area (Å²) in [4.78, 5) is 8.13. The number of hydrogen-bond acceptors (Lipinski definition) is 3. The molecule has 2 heterocycles. The minimum absolute atomic E-state index is 0.474. The first-order valence-electron chi connectivity index (χ1n) is 4.42. The molecular weight excluding hydrogens is 212 g/mol. The summed E-state index contributed by atoms with van der Waals surface area (Å²) in [5.41, 5.74) is 1.84. The molecule has 0 N–H and O–H groups in total. The van der Waals surface area contributed by atoms with Crippen LogP contribution in [0.15, 0.2) is 36.7 Å². The molecule has 0 radical (unpaired) electrons. The summed E-state index contributed by atoms with van der Waals surface area (Å²) in [5.74, 6) is 0.585. The van der Waals surface area contributed by atoms with Crippen LogP contribution >= 0.6 is 11.6 Å². The molecule has 2 rings (SSSR count). The van der Waals surface area contributed by atoms with E-state index in [2.05, 4.69) is 9.97 Å². The van der Waals surface area contributed by atoms with E-state index >= 15 is 0 Å². The largest absolute Gasteiger partial charge is 0.481 e. The average molecular weight is 221 g/mol. The fraction of sp³-hybridized carbons (Fsp3) is 0.0909. The number of rotatable bonds is 2. The molecule has 0 saturated carbocycles. The third kappa shape index (κ3) is 2.07. The van der Waals surface area contributed by atoms with Crippen LogP contribution in [0, 0.1) is 0 Å². The first kappa shape index (κ1) is 9.93. The quantitative estimate of drug-likeness (QED) is 0.730. The molecule has 0 aliphatic rings.